The Bertz CT molecular complexity index is 1420. The third-order valence-electron chi connectivity index (χ3n) is 6.60. The lowest BCUT2D eigenvalue weighted by atomic mass is 9.99. The molecule has 0 saturated heterocycles. The topological polar surface area (TPSA) is 121 Å². The number of pyridine rings is 2. The molecule has 0 amide bonds. The van der Waals surface area contributed by atoms with Gasteiger partial charge in [0.05, 0.1) is 5.52 Å². The van der Waals surface area contributed by atoms with Crippen molar-refractivity contribution in [3.63, 3.8) is 0 Å². The highest BCUT2D eigenvalue weighted by Crippen LogP contribution is 2.35. The van der Waals surface area contributed by atoms with Gasteiger partial charge >= 0.3 is 7.60 Å². The first-order valence-electron chi connectivity index (χ1n) is 12.5. The van der Waals surface area contributed by atoms with E-state index in [2.05, 4.69) is 71.6 Å². The number of nitrogens with two attached hydrogens (primary N) is 1. The Morgan fingerprint density at radius 1 is 0.944 bits per heavy atom. The number of nitrogens with zero attached hydrogens (tertiary/aromatic N) is 2. The Hall–Kier alpha value is -2.99. The van der Waals surface area contributed by atoms with Crippen LogP contribution in [0.1, 0.15) is 47.9 Å². The number of anilines is 2. The van der Waals surface area contributed by atoms with Crippen LogP contribution in [-0.4, -0.2) is 32.5 Å². The molecule has 4 aromatic rings. The van der Waals surface area contributed by atoms with Crippen LogP contribution in [0.5, 0.6) is 0 Å². The van der Waals surface area contributed by atoms with Gasteiger partial charge in [0.25, 0.3) is 0 Å². The summed E-state index contributed by atoms with van der Waals surface area (Å²) in [5.74, 6) is 0.467. The minimum absolute atomic E-state index is 0.0160. The highest BCUT2D eigenvalue weighted by molar-refractivity contribution is 7.51. The maximum Gasteiger partial charge on any atom is 0.325 e. The van der Waals surface area contributed by atoms with Gasteiger partial charge in [-0.15, -0.1) is 0 Å². The summed E-state index contributed by atoms with van der Waals surface area (Å²) >= 11 is 0. The largest absolute Gasteiger partial charge is 0.385 e. The Balaban J connectivity index is 1.34. The Labute approximate surface area is 212 Å². The molecule has 7 nitrogen and oxygen atoms in total. The average molecular weight is 507 g/mol. The zero-order valence-electron chi connectivity index (χ0n) is 21.0. The third kappa shape index (κ3) is 6.82. The molecule has 0 unspecified atom stereocenters. The van der Waals surface area contributed by atoms with E-state index in [1.807, 2.05) is 6.20 Å². The van der Waals surface area contributed by atoms with Crippen LogP contribution in [-0.2, 0) is 17.4 Å². The molecule has 0 aliphatic rings. The van der Waals surface area contributed by atoms with Gasteiger partial charge in [-0.3, -0.25) is 9.55 Å². The van der Waals surface area contributed by atoms with Crippen molar-refractivity contribution >= 4 is 40.9 Å². The summed E-state index contributed by atoms with van der Waals surface area (Å²) in [5, 5.41) is 5.58. The molecule has 0 atom stereocenters. The van der Waals surface area contributed by atoms with E-state index in [0.29, 0.717) is 12.2 Å². The second-order valence-corrected chi connectivity index (χ2v) is 11.4. The SMILES string of the molecule is Cc1ccc2c(c1)nc(N)c1ncc(CCc3ccc(NCCCCCCP(=O)(O)O)cc3C)cc12. The fourth-order valence-corrected chi connectivity index (χ4v) is 5.23. The van der Waals surface area contributed by atoms with Crippen molar-refractivity contribution in [1.82, 2.24) is 9.97 Å². The van der Waals surface area contributed by atoms with E-state index in [0.717, 1.165) is 71.7 Å². The van der Waals surface area contributed by atoms with Gasteiger partial charge in [0.1, 0.15) is 5.52 Å². The quantitative estimate of drug-likeness (QED) is 0.113. The van der Waals surface area contributed by atoms with Crippen molar-refractivity contribution in [2.75, 3.05) is 23.8 Å². The minimum atomic E-state index is -3.86. The molecule has 0 aliphatic carbocycles. The van der Waals surface area contributed by atoms with Crippen molar-refractivity contribution in [3.05, 3.63) is 70.9 Å². The minimum Gasteiger partial charge on any atom is -0.385 e. The molecule has 0 radical (unpaired) electrons. The van der Waals surface area contributed by atoms with Crippen LogP contribution in [0.25, 0.3) is 21.8 Å². The van der Waals surface area contributed by atoms with Crippen molar-refractivity contribution in [3.8, 4) is 0 Å². The number of unbranched alkanes of at least 4 members (excludes halogenated alkanes) is 3. The molecule has 0 spiro atoms. The molecule has 36 heavy (non-hydrogen) atoms. The summed E-state index contributed by atoms with van der Waals surface area (Å²) in [6, 6.07) is 14.9. The van der Waals surface area contributed by atoms with Crippen LogP contribution in [0.4, 0.5) is 11.5 Å². The van der Waals surface area contributed by atoms with Crippen LogP contribution in [0.2, 0.25) is 0 Å². The number of rotatable bonds is 11. The number of nitrogens with one attached hydrogen (secondary N) is 1. The Kier molecular flexibility index (Phi) is 8.24. The van der Waals surface area contributed by atoms with Crippen molar-refractivity contribution in [2.24, 2.45) is 0 Å². The van der Waals surface area contributed by atoms with E-state index in [9.17, 15) is 4.57 Å². The molecule has 2 aromatic carbocycles. The highest BCUT2D eigenvalue weighted by atomic mass is 31.2. The molecule has 0 fully saturated rings. The van der Waals surface area contributed by atoms with E-state index < -0.39 is 7.60 Å². The standard InChI is InChI=1S/C28H35N4O3P/c1-19-7-12-24-25-17-21(18-31-27(25)28(29)32-26(24)15-19)8-9-22-10-11-23(16-20(22)2)30-13-5-3-4-6-14-36(33,34)35/h7,10-12,15-18,30H,3-6,8-9,13-14H2,1-2H3,(H2,29,32)(H2,33,34,35). The van der Waals surface area contributed by atoms with Gasteiger partial charge in [0, 0.05) is 35.4 Å². The Morgan fingerprint density at radius 3 is 2.53 bits per heavy atom. The molecule has 5 N–H and O–H groups in total. The zero-order valence-corrected chi connectivity index (χ0v) is 21.9. The number of hydrogen-bond donors (Lipinski definition) is 4. The number of fused-ring (bicyclic) bond motifs is 3. The average Bonchev–Trinajstić information content (AvgIpc) is 2.82. The number of hydrogen-bond acceptors (Lipinski definition) is 5. The molecule has 2 aromatic heterocycles. The first kappa shape index (κ1) is 26.1. The smallest absolute Gasteiger partial charge is 0.325 e. The van der Waals surface area contributed by atoms with Crippen LogP contribution in [0, 0.1) is 13.8 Å². The summed E-state index contributed by atoms with van der Waals surface area (Å²) in [7, 11) is -3.86. The highest BCUT2D eigenvalue weighted by Gasteiger charge is 2.11. The lowest BCUT2D eigenvalue weighted by molar-refractivity contribution is 0.370. The van der Waals surface area contributed by atoms with E-state index in [4.69, 9.17) is 15.5 Å². The second kappa shape index (κ2) is 11.4. The van der Waals surface area contributed by atoms with Crippen molar-refractivity contribution in [1.29, 1.82) is 0 Å². The predicted molar refractivity (Wildman–Crippen MR) is 149 cm³/mol. The summed E-state index contributed by atoms with van der Waals surface area (Å²) < 4.78 is 10.9. The number of aromatic nitrogens is 2. The van der Waals surface area contributed by atoms with Gasteiger partial charge in [-0.2, -0.15) is 0 Å². The van der Waals surface area contributed by atoms with E-state index in [1.54, 1.807) is 0 Å². The second-order valence-electron chi connectivity index (χ2n) is 9.63. The molecule has 0 saturated carbocycles. The third-order valence-corrected chi connectivity index (χ3v) is 7.50. The first-order valence-corrected chi connectivity index (χ1v) is 14.3. The molecule has 0 bridgehead atoms. The molecular weight excluding hydrogens is 471 g/mol. The molecular formula is C28H35N4O3P. The lowest BCUT2D eigenvalue weighted by Crippen LogP contribution is -2.03. The zero-order chi connectivity index (χ0) is 25.7. The molecule has 0 aliphatic heterocycles. The predicted octanol–water partition coefficient (Wildman–Crippen LogP) is 5.92. The van der Waals surface area contributed by atoms with Crippen LogP contribution in [0.15, 0.2) is 48.7 Å². The summed E-state index contributed by atoms with van der Waals surface area (Å²) in [6.07, 6.45) is 7.06. The van der Waals surface area contributed by atoms with E-state index in [-0.39, 0.29) is 6.16 Å². The van der Waals surface area contributed by atoms with Crippen molar-refractivity contribution in [2.45, 2.75) is 52.4 Å². The molecule has 190 valence electrons. The first-order chi connectivity index (χ1) is 17.2. The van der Waals surface area contributed by atoms with Gasteiger partial charge < -0.3 is 20.8 Å². The van der Waals surface area contributed by atoms with Gasteiger partial charge in [-0.25, -0.2) is 4.98 Å². The maximum absolute atomic E-state index is 10.9. The van der Waals surface area contributed by atoms with Crippen LogP contribution in [0.3, 0.4) is 0 Å². The fraction of sp³-hybridized carbons (Fsp3) is 0.357. The fourth-order valence-electron chi connectivity index (χ4n) is 4.59. The lowest BCUT2D eigenvalue weighted by Gasteiger charge is -2.12. The summed E-state index contributed by atoms with van der Waals surface area (Å²) in [4.78, 5) is 27.0. The number of aryl methyl sites for hydroxylation is 4. The number of benzene rings is 2. The Morgan fingerprint density at radius 2 is 1.75 bits per heavy atom. The van der Waals surface area contributed by atoms with Gasteiger partial charge in [0.15, 0.2) is 5.82 Å². The maximum atomic E-state index is 10.9. The van der Waals surface area contributed by atoms with Gasteiger partial charge in [-0.05, 0) is 86.1 Å². The molecule has 8 heteroatoms. The summed E-state index contributed by atoms with van der Waals surface area (Å²) in [5.41, 5.74) is 13.8. The molecule has 4 rings (SSSR count). The van der Waals surface area contributed by atoms with Crippen LogP contribution >= 0.6 is 7.60 Å². The van der Waals surface area contributed by atoms with Gasteiger partial charge in [-0.1, -0.05) is 31.0 Å². The summed E-state index contributed by atoms with van der Waals surface area (Å²) in [6.45, 7) is 5.05. The van der Waals surface area contributed by atoms with E-state index >= 15 is 0 Å². The number of nitrogen functional groups attached to an aromatic ring is 1. The van der Waals surface area contributed by atoms with Gasteiger partial charge in [0.2, 0.25) is 0 Å². The monoisotopic (exact) mass is 506 g/mol. The molecule has 2 heterocycles. The van der Waals surface area contributed by atoms with Crippen molar-refractivity contribution < 1.29 is 14.4 Å². The van der Waals surface area contributed by atoms with E-state index in [1.165, 1.54) is 16.7 Å². The normalized spacial score (nSPS) is 11.9. The van der Waals surface area contributed by atoms with Crippen LogP contribution < -0.4 is 11.1 Å².